The smallest absolute Gasteiger partial charge is 0.249 e. The summed E-state index contributed by atoms with van der Waals surface area (Å²) in [7, 11) is 1.54. The summed E-state index contributed by atoms with van der Waals surface area (Å²) in [5.41, 5.74) is 1.04. The third kappa shape index (κ3) is 3.71. The van der Waals surface area contributed by atoms with Crippen LogP contribution in [0.15, 0.2) is 42.9 Å². The van der Waals surface area contributed by atoms with Gasteiger partial charge in [-0.2, -0.15) is 0 Å². The van der Waals surface area contributed by atoms with Crippen LogP contribution in [-0.2, 0) is 22.6 Å². The van der Waals surface area contributed by atoms with Gasteiger partial charge in [-0.1, -0.05) is 18.2 Å². The van der Waals surface area contributed by atoms with Gasteiger partial charge in [-0.3, -0.25) is 4.79 Å². The van der Waals surface area contributed by atoms with Crippen LogP contribution in [0, 0.1) is 0 Å². The third-order valence-electron chi connectivity index (χ3n) is 4.05. The number of para-hydroxylation sites is 1. The lowest BCUT2D eigenvalue weighted by Gasteiger charge is -2.29. The summed E-state index contributed by atoms with van der Waals surface area (Å²) in [5, 5.41) is 0. The molecule has 1 aromatic carbocycles. The van der Waals surface area contributed by atoms with Crippen LogP contribution >= 0.6 is 0 Å². The molecule has 1 aromatic heterocycles. The first kappa shape index (κ1) is 15.6. The molecule has 0 saturated heterocycles. The van der Waals surface area contributed by atoms with Gasteiger partial charge in [0.25, 0.3) is 0 Å². The van der Waals surface area contributed by atoms with E-state index in [0.29, 0.717) is 13.2 Å². The molecule has 0 N–H and O–H groups in total. The quantitative estimate of drug-likeness (QED) is 0.843. The van der Waals surface area contributed by atoms with Crippen molar-refractivity contribution < 1.29 is 14.3 Å². The molecule has 1 aliphatic rings. The Morgan fingerprint density at radius 2 is 2.17 bits per heavy atom. The Balaban J connectivity index is 1.73. The first-order chi connectivity index (χ1) is 11.3. The number of rotatable bonds is 5. The molecule has 2 aromatic rings. The number of aryl methyl sites for hydroxylation is 1. The van der Waals surface area contributed by atoms with Gasteiger partial charge in [-0.25, -0.2) is 4.98 Å². The standard InChI is InChI=1S/C17H21N3O3/c1-22-12-17(21)20-10-15-9-18-13-19(15)8-7-14(20)11-23-16-5-3-2-4-6-16/h2-6,9,13-14H,7-8,10-12H2,1H3/t14-/m0/s1. The number of carbonyl (C=O) groups excluding carboxylic acids is 1. The van der Waals surface area contributed by atoms with E-state index in [9.17, 15) is 4.79 Å². The van der Waals surface area contributed by atoms with E-state index in [1.165, 1.54) is 7.11 Å². The van der Waals surface area contributed by atoms with Crippen molar-refractivity contribution in [1.82, 2.24) is 14.5 Å². The number of carbonyl (C=O) groups is 1. The van der Waals surface area contributed by atoms with Crippen molar-refractivity contribution in [2.75, 3.05) is 20.3 Å². The molecule has 122 valence electrons. The molecule has 0 fully saturated rings. The van der Waals surface area contributed by atoms with Crippen molar-refractivity contribution in [3.63, 3.8) is 0 Å². The Morgan fingerprint density at radius 3 is 2.96 bits per heavy atom. The summed E-state index contributed by atoms with van der Waals surface area (Å²) in [6, 6.07) is 9.68. The summed E-state index contributed by atoms with van der Waals surface area (Å²) in [4.78, 5) is 18.4. The highest BCUT2D eigenvalue weighted by Crippen LogP contribution is 2.19. The maximum absolute atomic E-state index is 12.4. The zero-order chi connectivity index (χ0) is 16.1. The lowest BCUT2D eigenvalue weighted by Crippen LogP contribution is -2.44. The van der Waals surface area contributed by atoms with Gasteiger partial charge in [-0.15, -0.1) is 0 Å². The second-order valence-electron chi connectivity index (χ2n) is 5.60. The average molecular weight is 315 g/mol. The van der Waals surface area contributed by atoms with Crippen LogP contribution in [0.5, 0.6) is 5.75 Å². The number of nitrogens with zero attached hydrogens (tertiary/aromatic N) is 3. The summed E-state index contributed by atoms with van der Waals surface area (Å²) in [5.74, 6) is 0.793. The van der Waals surface area contributed by atoms with E-state index in [4.69, 9.17) is 9.47 Å². The normalized spacial score (nSPS) is 17.4. The van der Waals surface area contributed by atoms with E-state index in [0.717, 1.165) is 24.4 Å². The number of ether oxygens (including phenoxy) is 2. The van der Waals surface area contributed by atoms with Gasteiger partial charge in [0.15, 0.2) is 0 Å². The number of imidazole rings is 1. The predicted molar refractivity (Wildman–Crippen MR) is 85.0 cm³/mol. The second kappa shape index (κ2) is 7.28. The van der Waals surface area contributed by atoms with Gasteiger partial charge in [0.1, 0.15) is 19.0 Å². The minimum atomic E-state index is -0.0242. The van der Waals surface area contributed by atoms with Gasteiger partial charge < -0.3 is 18.9 Å². The number of amides is 1. The van der Waals surface area contributed by atoms with Crippen LogP contribution in [0.4, 0.5) is 0 Å². The predicted octanol–water partition coefficient (Wildman–Crippen LogP) is 1.71. The number of hydrogen-bond acceptors (Lipinski definition) is 4. The molecule has 0 radical (unpaired) electrons. The Hall–Kier alpha value is -2.34. The monoisotopic (exact) mass is 315 g/mol. The van der Waals surface area contributed by atoms with Crippen molar-refractivity contribution >= 4 is 5.91 Å². The van der Waals surface area contributed by atoms with Gasteiger partial charge in [-0.05, 0) is 18.6 Å². The van der Waals surface area contributed by atoms with Crippen LogP contribution in [0.2, 0.25) is 0 Å². The number of aromatic nitrogens is 2. The van der Waals surface area contributed by atoms with Crippen LogP contribution < -0.4 is 4.74 Å². The average Bonchev–Trinajstić information content (AvgIpc) is 2.94. The second-order valence-corrected chi connectivity index (χ2v) is 5.60. The molecule has 6 nitrogen and oxygen atoms in total. The van der Waals surface area contributed by atoms with E-state index in [2.05, 4.69) is 9.55 Å². The van der Waals surface area contributed by atoms with Crippen molar-refractivity contribution in [2.45, 2.75) is 25.6 Å². The van der Waals surface area contributed by atoms with Crippen LogP contribution in [0.25, 0.3) is 0 Å². The number of fused-ring (bicyclic) bond motifs is 1. The highest BCUT2D eigenvalue weighted by atomic mass is 16.5. The van der Waals surface area contributed by atoms with Crippen molar-refractivity contribution in [3.05, 3.63) is 48.5 Å². The molecule has 0 aliphatic carbocycles. The number of benzene rings is 1. The molecule has 1 amide bonds. The Kier molecular flexibility index (Phi) is 4.92. The molecule has 1 aliphatic heterocycles. The lowest BCUT2D eigenvalue weighted by atomic mass is 10.2. The maximum Gasteiger partial charge on any atom is 0.249 e. The molecular formula is C17H21N3O3. The summed E-state index contributed by atoms with van der Waals surface area (Å²) >= 11 is 0. The number of methoxy groups -OCH3 is 1. The fraction of sp³-hybridized carbons (Fsp3) is 0.412. The molecule has 0 bridgehead atoms. The molecule has 0 saturated carbocycles. The van der Waals surface area contributed by atoms with Crippen molar-refractivity contribution in [1.29, 1.82) is 0 Å². The maximum atomic E-state index is 12.4. The largest absolute Gasteiger partial charge is 0.491 e. The molecule has 1 atom stereocenters. The zero-order valence-corrected chi connectivity index (χ0v) is 13.2. The van der Waals surface area contributed by atoms with E-state index >= 15 is 0 Å². The van der Waals surface area contributed by atoms with Crippen LogP contribution in [0.3, 0.4) is 0 Å². The topological polar surface area (TPSA) is 56.6 Å². The molecule has 0 unspecified atom stereocenters. The Bertz CT molecular complexity index is 642. The SMILES string of the molecule is COCC(=O)N1Cc2cncn2CC[C@H]1COc1ccccc1. The van der Waals surface area contributed by atoms with Gasteiger partial charge >= 0.3 is 0 Å². The first-order valence-electron chi connectivity index (χ1n) is 7.73. The van der Waals surface area contributed by atoms with Crippen molar-refractivity contribution in [2.24, 2.45) is 0 Å². The van der Waals surface area contributed by atoms with Gasteiger partial charge in [0, 0.05) is 19.9 Å². The Morgan fingerprint density at radius 1 is 1.35 bits per heavy atom. The van der Waals surface area contributed by atoms with E-state index in [1.54, 1.807) is 0 Å². The summed E-state index contributed by atoms with van der Waals surface area (Å²) in [6.45, 7) is 1.91. The first-order valence-corrected chi connectivity index (χ1v) is 7.73. The molecule has 6 heteroatoms. The molecule has 3 rings (SSSR count). The van der Waals surface area contributed by atoms with Crippen LogP contribution in [0.1, 0.15) is 12.1 Å². The van der Waals surface area contributed by atoms with Crippen LogP contribution in [-0.4, -0.2) is 46.7 Å². The molecule has 23 heavy (non-hydrogen) atoms. The lowest BCUT2D eigenvalue weighted by molar-refractivity contribution is -0.139. The molecule has 0 spiro atoms. The van der Waals surface area contributed by atoms with Gasteiger partial charge in [0.05, 0.1) is 24.6 Å². The van der Waals surface area contributed by atoms with E-state index in [1.807, 2.05) is 47.8 Å². The Labute approximate surface area is 135 Å². The number of hydrogen-bond donors (Lipinski definition) is 0. The van der Waals surface area contributed by atoms with E-state index < -0.39 is 0 Å². The zero-order valence-electron chi connectivity index (χ0n) is 13.2. The highest BCUT2D eigenvalue weighted by Gasteiger charge is 2.28. The molecule has 2 heterocycles. The summed E-state index contributed by atoms with van der Waals surface area (Å²) < 4.78 is 13.0. The third-order valence-corrected chi connectivity index (χ3v) is 4.05. The van der Waals surface area contributed by atoms with Crippen molar-refractivity contribution in [3.8, 4) is 5.75 Å². The van der Waals surface area contributed by atoms with Gasteiger partial charge in [0.2, 0.25) is 5.91 Å². The minimum Gasteiger partial charge on any atom is -0.491 e. The fourth-order valence-corrected chi connectivity index (χ4v) is 2.81. The summed E-state index contributed by atoms with van der Waals surface area (Å²) in [6.07, 6.45) is 4.45. The fourth-order valence-electron chi connectivity index (χ4n) is 2.81. The minimum absolute atomic E-state index is 0.0118. The molecular weight excluding hydrogens is 294 g/mol. The van der Waals surface area contributed by atoms with E-state index in [-0.39, 0.29) is 18.6 Å². The highest BCUT2D eigenvalue weighted by molar-refractivity contribution is 5.77.